The fraction of sp³-hybridized carbons (Fsp3) is 0.143. The lowest BCUT2D eigenvalue weighted by Crippen LogP contribution is -2.25. The number of rotatable bonds is 1. The number of imidazole rings is 1. The van der Waals surface area contributed by atoms with Crippen molar-refractivity contribution < 1.29 is 4.79 Å². The molecule has 0 fully saturated rings. The molecule has 0 bridgehead atoms. The maximum Gasteiger partial charge on any atom is 0.333 e. The minimum atomic E-state index is -0.200. The molecule has 12 heavy (non-hydrogen) atoms. The average molecular weight is 166 g/mol. The highest BCUT2D eigenvalue weighted by Crippen LogP contribution is 1.92. The zero-order valence-corrected chi connectivity index (χ0v) is 6.71. The van der Waals surface area contributed by atoms with Crippen molar-refractivity contribution >= 4 is 6.03 Å². The molecule has 0 aliphatic rings. The summed E-state index contributed by atoms with van der Waals surface area (Å²) in [7, 11) is 1.62. The van der Waals surface area contributed by atoms with Crippen molar-refractivity contribution in [3.05, 3.63) is 31.1 Å². The van der Waals surface area contributed by atoms with Crippen molar-refractivity contribution in [2.24, 2.45) is 5.73 Å². The van der Waals surface area contributed by atoms with Crippen LogP contribution < -0.4 is 5.73 Å². The summed E-state index contributed by atoms with van der Waals surface area (Å²) in [5, 5.41) is 0. The standard InChI is InChI=1S/C7H10N4O/c1-10(4-2-8)7(12)11-5-3-9-6-11/h2-6H,8H2,1H3/b4-2-. The topological polar surface area (TPSA) is 64.2 Å². The quantitative estimate of drug-likeness (QED) is 0.648. The van der Waals surface area contributed by atoms with Gasteiger partial charge in [0.1, 0.15) is 6.33 Å². The van der Waals surface area contributed by atoms with E-state index in [0.717, 1.165) is 0 Å². The summed E-state index contributed by atoms with van der Waals surface area (Å²) in [6, 6.07) is -0.200. The Bertz CT molecular complexity index is 278. The van der Waals surface area contributed by atoms with Crippen LogP contribution in [0.2, 0.25) is 0 Å². The van der Waals surface area contributed by atoms with Crippen molar-refractivity contribution in [2.75, 3.05) is 7.05 Å². The predicted octanol–water partition coefficient (Wildman–Crippen LogP) is 0.213. The number of carbonyl (C=O) groups is 1. The van der Waals surface area contributed by atoms with Crippen LogP contribution in [0.15, 0.2) is 31.1 Å². The Morgan fingerprint density at radius 1 is 1.75 bits per heavy atom. The van der Waals surface area contributed by atoms with Gasteiger partial charge in [0.25, 0.3) is 0 Å². The maximum absolute atomic E-state index is 11.3. The van der Waals surface area contributed by atoms with Gasteiger partial charge in [-0.2, -0.15) is 0 Å². The van der Waals surface area contributed by atoms with Crippen LogP contribution in [-0.2, 0) is 0 Å². The normalized spacial score (nSPS) is 10.4. The van der Waals surface area contributed by atoms with Crippen molar-refractivity contribution in [3.63, 3.8) is 0 Å². The van der Waals surface area contributed by atoms with Crippen LogP contribution >= 0.6 is 0 Å². The van der Waals surface area contributed by atoms with Crippen LogP contribution in [0.4, 0.5) is 4.79 Å². The highest BCUT2D eigenvalue weighted by atomic mass is 16.2. The largest absolute Gasteiger partial charge is 0.403 e. The Hall–Kier alpha value is -1.78. The van der Waals surface area contributed by atoms with E-state index in [4.69, 9.17) is 5.73 Å². The monoisotopic (exact) mass is 166 g/mol. The van der Waals surface area contributed by atoms with Crippen LogP contribution in [0, 0.1) is 0 Å². The van der Waals surface area contributed by atoms with E-state index < -0.39 is 0 Å². The molecule has 0 aromatic carbocycles. The third-order valence-electron chi connectivity index (χ3n) is 1.34. The smallest absolute Gasteiger partial charge is 0.333 e. The molecular formula is C7H10N4O. The molecule has 5 heteroatoms. The predicted molar refractivity (Wildman–Crippen MR) is 44.1 cm³/mol. The van der Waals surface area contributed by atoms with E-state index >= 15 is 0 Å². The zero-order chi connectivity index (χ0) is 8.97. The molecule has 0 saturated carbocycles. The van der Waals surface area contributed by atoms with Gasteiger partial charge < -0.3 is 10.6 Å². The van der Waals surface area contributed by atoms with E-state index in [0.29, 0.717) is 0 Å². The summed E-state index contributed by atoms with van der Waals surface area (Å²) in [6.45, 7) is 0. The van der Waals surface area contributed by atoms with Crippen LogP contribution in [0.25, 0.3) is 0 Å². The average Bonchev–Trinajstić information content (AvgIpc) is 2.55. The van der Waals surface area contributed by atoms with Crippen molar-refractivity contribution in [1.29, 1.82) is 0 Å². The van der Waals surface area contributed by atoms with E-state index in [1.807, 2.05) is 0 Å². The lowest BCUT2D eigenvalue weighted by molar-refractivity contribution is 0.224. The van der Waals surface area contributed by atoms with Gasteiger partial charge in [0.15, 0.2) is 0 Å². The molecule has 1 aromatic rings. The van der Waals surface area contributed by atoms with E-state index in [1.165, 1.54) is 34.4 Å². The van der Waals surface area contributed by atoms with Crippen molar-refractivity contribution in [3.8, 4) is 0 Å². The summed E-state index contributed by atoms with van der Waals surface area (Å²) in [5.74, 6) is 0. The maximum atomic E-state index is 11.3. The van der Waals surface area contributed by atoms with E-state index in [-0.39, 0.29) is 6.03 Å². The lowest BCUT2D eigenvalue weighted by Gasteiger charge is -2.10. The fourth-order valence-electron chi connectivity index (χ4n) is 0.747. The Labute approximate surface area is 70.1 Å². The molecule has 0 saturated heterocycles. The molecule has 1 rings (SSSR count). The highest BCUT2D eigenvalue weighted by molar-refractivity contribution is 5.77. The Balaban J connectivity index is 2.72. The van der Waals surface area contributed by atoms with E-state index in [9.17, 15) is 4.79 Å². The van der Waals surface area contributed by atoms with Gasteiger partial charge in [0.05, 0.1) is 0 Å². The lowest BCUT2D eigenvalue weighted by atomic mass is 10.7. The zero-order valence-electron chi connectivity index (χ0n) is 6.71. The highest BCUT2D eigenvalue weighted by Gasteiger charge is 2.05. The molecule has 0 radical (unpaired) electrons. The first-order valence-corrected chi connectivity index (χ1v) is 3.39. The second kappa shape index (κ2) is 3.56. The summed E-state index contributed by atoms with van der Waals surface area (Å²) in [6.07, 6.45) is 7.32. The fourth-order valence-corrected chi connectivity index (χ4v) is 0.747. The summed E-state index contributed by atoms with van der Waals surface area (Å²) >= 11 is 0. The van der Waals surface area contributed by atoms with Gasteiger partial charge in [-0.1, -0.05) is 0 Å². The number of amides is 1. The van der Waals surface area contributed by atoms with Crippen LogP contribution in [0.5, 0.6) is 0 Å². The molecule has 0 spiro atoms. The van der Waals surface area contributed by atoms with Crippen LogP contribution in [0.1, 0.15) is 0 Å². The minimum absolute atomic E-state index is 0.200. The molecule has 0 atom stereocenters. The van der Waals surface area contributed by atoms with Gasteiger partial charge >= 0.3 is 6.03 Å². The molecule has 1 heterocycles. The van der Waals surface area contributed by atoms with E-state index in [1.54, 1.807) is 13.2 Å². The molecular weight excluding hydrogens is 156 g/mol. The minimum Gasteiger partial charge on any atom is -0.403 e. The molecule has 5 nitrogen and oxygen atoms in total. The third-order valence-corrected chi connectivity index (χ3v) is 1.34. The molecule has 2 N–H and O–H groups in total. The Morgan fingerprint density at radius 3 is 3.00 bits per heavy atom. The molecule has 64 valence electrons. The number of hydrogen-bond acceptors (Lipinski definition) is 3. The third kappa shape index (κ3) is 1.63. The molecule has 0 aliphatic carbocycles. The van der Waals surface area contributed by atoms with Crippen molar-refractivity contribution in [2.45, 2.75) is 0 Å². The number of aromatic nitrogens is 2. The Morgan fingerprint density at radius 2 is 2.50 bits per heavy atom. The number of hydrogen-bond donors (Lipinski definition) is 1. The SMILES string of the molecule is CN(/C=C\N)C(=O)n1ccnc1. The first-order valence-electron chi connectivity index (χ1n) is 3.39. The van der Waals surface area contributed by atoms with E-state index in [2.05, 4.69) is 4.98 Å². The summed E-state index contributed by atoms with van der Waals surface area (Å²) < 4.78 is 1.36. The molecule has 1 amide bonds. The van der Waals surface area contributed by atoms with Crippen molar-refractivity contribution in [1.82, 2.24) is 14.5 Å². The molecule has 1 aromatic heterocycles. The van der Waals surface area contributed by atoms with Crippen LogP contribution in [0.3, 0.4) is 0 Å². The van der Waals surface area contributed by atoms with Gasteiger partial charge in [0.2, 0.25) is 0 Å². The second-order valence-electron chi connectivity index (χ2n) is 2.20. The van der Waals surface area contributed by atoms with Gasteiger partial charge in [-0.05, 0) is 0 Å². The van der Waals surface area contributed by atoms with Gasteiger partial charge in [-0.25, -0.2) is 9.78 Å². The number of nitrogens with two attached hydrogens (primary N) is 1. The Kier molecular flexibility index (Phi) is 2.47. The first kappa shape index (κ1) is 8.32. The summed E-state index contributed by atoms with van der Waals surface area (Å²) in [5.41, 5.74) is 5.12. The van der Waals surface area contributed by atoms with Gasteiger partial charge in [-0.15, -0.1) is 0 Å². The first-order chi connectivity index (χ1) is 5.75. The molecule has 0 unspecified atom stereocenters. The number of nitrogens with zero attached hydrogens (tertiary/aromatic N) is 3. The summed E-state index contributed by atoms with van der Waals surface area (Å²) in [4.78, 5) is 16.4. The second-order valence-corrected chi connectivity index (χ2v) is 2.20. The van der Waals surface area contributed by atoms with Gasteiger partial charge in [-0.3, -0.25) is 4.57 Å². The number of carbonyl (C=O) groups excluding carboxylic acids is 1. The molecule has 0 aliphatic heterocycles. The van der Waals surface area contributed by atoms with Crippen LogP contribution in [-0.4, -0.2) is 27.5 Å². The van der Waals surface area contributed by atoms with Gasteiger partial charge in [0, 0.05) is 31.8 Å².